The summed E-state index contributed by atoms with van der Waals surface area (Å²) in [6.07, 6.45) is 1.37. The van der Waals surface area contributed by atoms with Gasteiger partial charge in [-0.2, -0.15) is 5.10 Å². The topological polar surface area (TPSA) is 92.9 Å². The molecule has 1 aromatic heterocycles. The molecule has 3 aromatic carbocycles. The van der Waals surface area contributed by atoms with Crippen LogP contribution < -0.4 is 15.7 Å². The van der Waals surface area contributed by atoms with Crippen LogP contribution in [0.1, 0.15) is 16.7 Å². The van der Waals surface area contributed by atoms with E-state index in [0.717, 1.165) is 16.0 Å². The maximum absolute atomic E-state index is 13.1. The number of pyridine rings is 1. The number of hydrazone groups is 1. The number of methoxy groups -OCH3 is 1. The van der Waals surface area contributed by atoms with Gasteiger partial charge < -0.3 is 9.84 Å². The van der Waals surface area contributed by atoms with E-state index in [1.807, 2.05) is 43.3 Å². The highest BCUT2D eigenvalue weighted by Crippen LogP contribution is 2.24. The van der Waals surface area contributed by atoms with Crippen LogP contribution in [0.5, 0.6) is 11.6 Å². The second-order valence-corrected chi connectivity index (χ2v) is 8.97. The van der Waals surface area contributed by atoms with Gasteiger partial charge in [0.25, 0.3) is 5.56 Å². The van der Waals surface area contributed by atoms with Gasteiger partial charge in [-0.05, 0) is 42.8 Å². The van der Waals surface area contributed by atoms with Crippen LogP contribution >= 0.6 is 11.8 Å². The lowest BCUT2D eigenvalue weighted by Crippen LogP contribution is -2.23. The molecule has 0 aliphatic carbocycles. The number of thioether (sulfide) groups is 1. The molecule has 0 radical (unpaired) electrons. The van der Waals surface area contributed by atoms with E-state index in [4.69, 9.17) is 4.74 Å². The van der Waals surface area contributed by atoms with Gasteiger partial charge in [-0.1, -0.05) is 48.0 Å². The fourth-order valence-electron chi connectivity index (χ4n) is 3.58. The molecule has 0 aliphatic rings. The summed E-state index contributed by atoms with van der Waals surface area (Å²) in [5.74, 6) is 0.399. The highest BCUT2D eigenvalue weighted by Gasteiger charge is 2.15. The van der Waals surface area contributed by atoms with E-state index < -0.39 is 0 Å². The molecule has 4 rings (SSSR count). The van der Waals surface area contributed by atoms with E-state index >= 15 is 0 Å². The van der Waals surface area contributed by atoms with Crippen LogP contribution in [-0.4, -0.2) is 34.7 Å². The third-order valence-corrected chi connectivity index (χ3v) is 6.47. The van der Waals surface area contributed by atoms with Crippen molar-refractivity contribution >= 4 is 34.7 Å². The van der Waals surface area contributed by atoms with Crippen molar-refractivity contribution in [2.75, 3.05) is 12.9 Å². The summed E-state index contributed by atoms with van der Waals surface area (Å²) in [5, 5.41) is 16.0. The Balaban J connectivity index is 1.56. The average molecular weight is 488 g/mol. The molecule has 0 spiro atoms. The van der Waals surface area contributed by atoms with Gasteiger partial charge in [-0.25, -0.2) is 5.43 Å². The molecule has 8 heteroatoms. The molecule has 4 aromatic rings. The Hall–Kier alpha value is -4.04. The molecule has 2 N–H and O–H groups in total. The summed E-state index contributed by atoms with van der Waals surface area (Å²) in [4.78, 5) is 26.4. The number of aromatic nitrogens is 1. The van der Waals surface area contributed by atoms with E-state index in [9.17, 15) is 14.7 Å². The van der Waals surface area contributed by atoms with Crippen molar-refractivity contribution in [1.82, 2.24) is 9.99 Å². The van der Waals surface area contributed by atoms with Crippen LogP contribution in [0.3, 0.4) is 0 Å². The third kappa shape index (κ3) is 5.73. The molecule has 0 bridgehead atoms. The number of nitrogens with zero attached hydrogens (tertiary/aromatic N) is 2. The molecule has 35 heavy (non-hydrogen) atoms. The first-order chi connectivity index (χ1) is 17.0. The number of fused-ring (bicyclic) bond motifs is 1. The Bertz CT molecular complexity index is 1430. The monoisotopic (exact) mass is 487 g/mol. The zero-order valence-corrected chi connectivity index (χ0v) is 20.2. The number of hydrogen-bond acceptors (Lipinski definition) is 6. The minimum Gasteiger partial charge on any atom is -0.497 e. The zero-order valence-electron chi connectivity index (χ0n) is 19.4. The van der Waals surface area contributed by atoms with Crippen molar-refractivity contribution in [2.45, 2.75) is 18.4 Å². The maximum Gasteiger partial charge on any atom is 0.261 e. The number of rotatable bonds is 8. The molecule has 0 saturated heterocycles. The fourth-order valence-corrected chi connectivity index (χ4v) is 4.27. The van der Waals surface area contributed by atoms with Gasteiger partial charge in [0.15, 0.2) is 0 Å². The smallest absolute Gasteiger partial charge is 0.261 e. The first-order valence-electron chi connectivity index (χ1n) is 10.9. The minimum absolute atomic E-state index is 0.167. The standard InChI is InChI=1S/C27H25N3O4S/c1-18-7-13-21(14-8-18)35-17-25(31)29-28-15-24-22-5-3-4-6-23(22)26(32)30(27(24)33)16-19-9-11-20(34-2)12-10-19/h3-15,33H,16-17H2,1-2H3,(H,29,31)/b28-15+. The summed E-state index contributed by atoms with van der Waals surface area (Å²) < 4.78 is 6.48. The first-order valence-corrected chi connectivity index (χ1v) is 11.9. The SMILES string of the molecule is COc1ccc(Cn2c(O)c(/C=N/NC(=O)CSc3ccc(C)cc3)c3ccccc3c2=O)cc1. The van der Waals surface area contributed by atoms with Crippen LogP contribution in [0, 0.1) is 6.92 Å². The van der Waals surface area contributed by atoms with Gasteiger partial charge in [0.2, 0.25) is 11.8 Å². The van der Waals surface area contributed by atoms with Crippen LogP contribution in [0.15, 0.2) is 87.6 Å². The Kier molecular flexibility index (Phi) is 7.52. The van der Waals surface area contributed by atoms with E-state index in [0.29, 0.717) is 22.1 Å². The number of carbonyl (C=O) groups is 1. The largest absolute Gasteiger partial charge is 0.497 e. The highest BCUT2D eigenvalue weighted by molar-refractivity contribution is 8.00. The number of benzene rings is 3. The molecule has 0 fully saturated rings. The highest BCUT2D eigenvalue weighted by atomic mass is 32.2. The molecule has 0 aliphatic heterocycles. The average Bonchev–Trinajstić information content (AvgIpc) is 2.88. The minimum atomic E-state index is -0.315. The molecule has 1 heterocycles. The molecule has 0 atom stereocenters. The van der Waals surface area contributed by atoms with Crippen LogP contribution in [0.4, 0.5) is 0 Å². The summed E-state index contributed by atoms with van der Waals surface area (Å²) in [6.45, 7) is 2.18. The number of aryl methyl sites for hydroxylation is 1. The second kappa shape index (κ2) is 10.9. The molecular weight excluding hydrogens is 462 g/mol. The predicted octanol–water partition coefficient (Wildman–Crippen LogP) is 4.31. The van der Waals surface area contributed by atoms with Crippen LogP contribution in [0.2, 0.25) is 0 Å². The van der Waals surface area contributed by atoms with Gasteiger partial charge in [0.1, 0.15) is 5.75 Å². The number of carbonyl (C=O) groups excluding carboxylic acids is 1. The van der Waals surface area contributed by atoms with Crippen molar-refractivity contribution in [3.05, 3.63) is 99.8 Å². The molecule has 7 nitrogen and oxygen atoms in total. The van der Waals surface area contributed by atoms with Gasteiger partial charge in [-0.3, -0.25) is 14.2 Å². The fraction of sp³-hybridized carbons (Fsp3) is 0.148. The number of nitrogens with one attached hydrogen (secondary N) is 1. The van der Waals surface area contributed by atoms with Crippen molar-refractivity contribution in [1.29, 1.82) is 0 Å². The molecule has 178 valence electrons. The number of aromatic hydroxyl groups is 1. The second-order valence-electron chi connectivity index (χ2n) is 7.92. The predicted molar refractivity (Wildman–Crippen MR) is 140 cm³/mol. The zero-order chi connectivity index (χ0) is 24.8. The van der Waals surface area contributed by atoms with Crippen molar-refractivity contribution in [3.63, 3.8) is 0 Å². The quantitative estimate of drug-likeness (QED) is 0.219. The summed E-state index contributed by atoms with van der Waals surface area (Å²) in [5.41, 5.74) is 4.51. The van der Waals surface area contributed by atoms with E-state index in [1.54, 1.807) is 43.5 Å². The normalized spacial score (nSPS) is 11.1. The summed E-state index contributed by atoms with van der Waals surface area (Å²) >= 11 is 1.41. The Morgan fingerprint density at radius 1 is 1.06 bits per heavy atom. The number of amides is 1. The van der Waals surface area contributed by atoms with Gasteiger partial charge in [0.05, 0.1) is 31.2 Å². The summed E-state index contributed by atoms with van der Waals surface area (Å²) in [6, 6.07) is 22.2. The lowest BCUT2D eigenvalue weighted by atomic mass is 10.1. The van der Waals surface area contributed by atoms with Crippen molar-refractivity contribution in [2.24, 2.45) is 5.10 Å². The molecule has 1 amide bonds. The Morgan fingerprint density at radius 2 is 1.74 bits per heavy atom. The van der Waals surface area contributed by atoms with E-state index in [2.05, 4.69) is 10.5 Å². The van der Waals surface area contributed by atoms with Gasteiger partial charge in [-0.15, -0.1) is 11.8 Å². The molecular formula is C27H25N3O4S. The third-order valence-electron chi connectivity index (χ3n) is 5.46. The van der Waals surface area contributed by atoms with Crippen molar-refractivity contribution in [3.8, 4) is 11.6 Å². The number of hydrogen-bond donors (Lipinski definition) is 2. The van der Waals surface area contributed by atoms with Gasteiger partial charge >= 0.3 is 0 Å². The first kappa shape index (κ1) is 24.1. The Labute approximate surface area is 207 Å². The molecule has 0 saturated carbocycles. The van der Waals surface area contributed by atoms with Crippen LogP contribution in [-0.2, 0) is 11.3 Å². The number of ether oxygens (including phenoxy) is 1. The summed E-state index contributed by atoms with van der Waals surface area (Å²) in [7, 11) is 1.58. The van der Waals surface area contributed by atoms with Crippen molar-refractivity contribution < 1.29 is 14.6 Å². The molecule has 0 unspecified atom stereocenters. The Morgan fingerprint density at radius 3 is 2.43 bits per heavy atom. The maximum atomic E-state index is 13.1. The van der Waals surface area contributed by atoms with Crippen LogP contribution in [0.25, 0.3) is 10.8 Å². The van der Waals surface area contributed by atoms with E-state index in [1.165, 1.54) is 22.5 Å². The van der Waals surface area contributed by atoms with Gasteiger partial charge in [0, 0.05) is 15.7 Å². The lowest BCUT2D eigenvalue weighted by Gasteiger charge is -2.14. The lowest BCUT2D eigenvalue weighted by molar-refractivity contribution is -0.118. The van der Waals surface area contributed by atoms with E-state index in [-0.39, 0.29) is 29.6 Å².